The lowest BCUT2D eigenvalue weighted by atomic mass is 9.88. The molecule has 2 heterocycles. The molecule has 1 aliphatic carbocycles. The van der Waals surface area contributed by atoms with E-state index in [2.05, 4.69) is 17.6 Å². The molecule has 0 saturated heterocycles. The van der Waals surface area contributed by atoms with Crippen molar-refractivity contribution in [2.24, 2.45) is 0 Å². The second-order valence-corrected chi connectivity index (χ2v) is 8.37. The Labute approximate surface area is 179 Å². The number of aromatic carboxylic acids is 1. The third-order valence-corrected chi connectivity index (χ3v) is 6.50. The van der Waals surface area contributed by atoms with Crippen LogP contribution in [0.15, 0.2) is 60.6 Å². The van der Waals surface area contributed by atoms with Gasteiger partial charge >= 0.3 is 5.97 Å². The summed E-state index contributed by atoms with van der Waals surface area (Å²) in [5.41, 5.74) is 6.02. The van der Waals surface area contributed by atoms with Gasteiger partial charge in [-0.25, -0.2) is 9.78 Å². The highest BCUT2D eigenvalue weighted by Crippen LogP contribution is 2.43. The molecule has 1 atom stereocenters. The molecule has 30 heavy (non-hydrogen) atoms. The maximum Gasteiger partial charge on any atom is 0.347 e. The van der Waals surface area contributed by atoms with Gasteiger partial charge < -0.3 is 9.84 Å². The minimum absolute atomic E-state index is 0.0339. The second-order valence-electron chi connectivity index (χ2n) is 7.37. The zero-order valence-corrected chi connectivity index (χ0v) is 17.3. The molecule has 1 aromatic heterocycles. The SMILES string of the molecule is C=C(CC1=COC=CCC1)[C@@H]1C=C(C#N)c2cc(-c3nc(C)c(C(=O)O)s3)ccc21. The first-order valence-corrected chi connectivity index (χ1v) is 10.4. The Morgan fingerprint density at radius 1 is 1.47 bits per heavy atom. The summed E-state index contributed by atoms with van der Waals surface area (Å²) in [5, 5.41) is 19.6. The van der Waals surface area contributed by atoms with E-state index < -0.39 is 5.97 Å². The van der Waals surface area contributed by atoms with Gasteiger partial charge in [-0.15, -0.1) is 11.3 Å². The van der Waals surface area contributed by atoms with Crippen molar-refractivity contribution in [3.63, 3.8) is 0 Å². The number of allylic oxidation sites excluding steroid dienone is 5. The minimum atomic E-state index is -0.974. The molecule has 0 bridgehead atoms. The number of rotatable bonds is 5. The topological polar surface area (TPSA) is 83.2 Å². The zero-order valence-electron chi connectivity index (χ0n) is 16.5. The van der Waals surface area contributed by atoms with E-state index in [9.17, 15) is 15.2 Å². The van der Waals surface area contributed by atoms with E-state index in [1.165, 1.54) is 5.57 Å². The fraction of sp³-hybridized carbons (Fsp3) is 0.208. The van der Waals surface area contributed by atoms with Crippen LogP contribution in [0.4, 0.5) is 0 Å². The largest absolute Gasteiger partial charge is 0.477 e. The number of carboxylic acids is 1. The molecule has 1 aromatic carbocycles. The average molecular weight is 417 g/mol. The maximum atomic E-state index is 11.3. The Balaban J connectivity index is 1.64. The summed E-state index contributed by atoms with van der Waals surface area (Å²) >= 11 is 1.15. The Kier molecular flexibility index (Phi) is 5.39. The third-order valence-electron chi connectivity index (χ3n) is 5.31. The van der Waals surface area contributed by atoms with Crippen LogP contribution in [-0.2, 0) is 4.74 Å². The molecule has 1 N–H and O–H groups in total. The van der Waals surface area contributed by atoms with Crippen LogP contribution < -0.4 is 0 Å². The standard InChI is InChI=1S/C24H20N2O3S/c1-14(9-16-5-3-4-8-29-13-16)20-11-18(12-25)21-10-17(6-7-19(20)21)23-26-15(2)22(30-23)24(27)28/h4,6-8,10-11,13,20H,1,3,5,9H2,2H3,(H,27,28)/t20-/m0/s1. The van der Waals surface area contributed by atoms with Gasteiger partial charge in [-0.3, -0.25) is 0 Å². The van der Waals surface area contributed by atoms with Crippen LogP contribution in [0, 0.1) is 18.3 Å². The van der Waals surface area contributed by atoms with Gasteiger partial charge in [0.25, 0.3) is 0 Å². The number of carboxylic acid groups (broad SMARTS) is 1. The smallest absolute Gasteiger partial charge is 0.347 e. The van der Waals surface area contributed by atoms with Crippen LogP contribution in [0.25, 0.3) is 16.1 Å². The summed E-state index contributed by atoms with van der Waals surface area (Å²) < 4.78 is 5.38. The summed E-state index contributed by atoms with van der Waals surface area (Å²) in [5.74, 6) is -1.01. The fourth-order valence-corrected chi connectivity index (χ4v) is 4.71. The van der Waals surface area contributed by atoms with Crippen LogP contribution in [0.1, 0.15) is 51.7 Å². The number of carbonyl (C=O) groups is 1. The molecule has 1 aliphatic heterocycles. The summed E-state index contributed by atoms with van der Waals surface area (Å²) in [6.45, 7) is 5.99. The molecule has 0 unspecified atom stereocenters. The third kappa shape index (κ3) is 3.72. The molecular weight excluding hydrogens is 396 g/mol. The lowest BCUT2D eigenvalue weighted by Crippen LogP contribution is -1.99. The van der Waals surface area contributed by atoms with Crippen LogP contribution in [0.2, 0.25) is 0 Å². The molecule has 0 saturated carbocycles. The van der Waals surface area contributed by atoms with Crippen molar-refractivity contribution in [1.82, 2.24) is 4.98 Å². The molecule has 2 aliphatic rings. The molecule has 0 amide bonds. The van der Waals surface area contributed by atoms with Crippen molar-refractivity contribution in [3.8, 4) is 16.6 Å². The highest BCUT2D eigenvalue weighted by molar-refractivity contribution is 7.17. The van der Waals surface area contributed by atoms with E-state index >= 15 is 0 Å². The maximum absolute atomic E-state index is 11.3. The van der Waals surface area contributed by atoms with E-state index in [1.807, 2.05) is 30.4 Å². The van der Waals surface area contributed by atoms with Crippen molar-refractivity contribution < 1.29 is 14.6 Å². The van der Waals surface area contributed by atoms with Crippen molar-refractivity contribution in [3.05, 3.63) is 82.3 Å². The van der Waals surface area contributed by atoms with E-state index in [4.69, 9.17) is 4.74 Å². The normalized spacial score (nSPS) is 17.3. The molecule has 6 heteroatoms. The van der Waals surface area contributed by atoms with E-state index in [0.717, 1.165) is 52.9 Å². The summed E-state index contributed by atoms with van der Waals surface area (Å²) in [6.07, 6.45) is 10.0. The molecule has 150 valence electrons. The van der Waals surface area contributed by atoms with Gasteiger partial charge in [0.05, 0.1) is 29.9 Å². The fourth-order valence-electron chi connectivity index (χ4n) is 3.81. The first-order chi connectivity index (χ1) is 14.5. The summed E-state index contributed by atoms with van der Waals surface area (Å²) in [7, 11) is 0. The first-order valence-electron chi connectivity index (χ1n) is 9.61. The van der Waals surface area contributed by atoms with Crippen molar-refractivity contribution in [1.29, 1.82) is 5.26 Å². The number of aryl methyl sites for hydroxylation is 1. The number of ether oxygens (including phenoxy) is 1. The predicted octanol–water partition coefficient (Wildman–Crippen LogP) is 5.98. The molecular formula is C24H20N2O3S. The Morgan fingerprint density at radius 2 is 2.30 bits per heavy atom. The zero-order chi connectivity index (χ0) is 21.3. The molecule has 0 fully saturated rings. The van der Waals surface area contributed by atoms with Gasteiger partial charge in [-0.05, 0) is 55.0 Å². The van der Waals surface area contributed by atoms with Gasteiger partial charge in [0.1, 0.15) is 9.88 Å². The van der Waals surface area contributed by atoms with Gasteiger partial charge in [0.2, 0.25) is 0 Å². The lowest BCUT2D eigenvalue weighted by Gasteiger charge is -2.16. The number of aromatic nitrogens is 1. The Morgan fingerprint density at radius 3 is 3.03 bits per heavy atom. The summed E-state index contributed by atoms with van der Waals surface area (Å²) in [6, 6.07) is 8.16. The molecule has 5 nitrogen and oxygen atoms in total. The predicted molar refractivity (Wildman–Crippen MR) is 117 cm³/mol. The number of fused-ring (bicyclic) bond motifs is 1. The Bertz CT molecular complexity index is 1180. The van der Waals surface area contributed by atoms with Crippen LogP contribution in [0.5, 0.6) is 0 Å². The van der Waals surface area contributed by atoms with Gasteiger partial charge in [-0.2, -0.15) is 5.26 Å². The molecule has 4 rings (SSSR count). The monoisotopic (exact) mass is 416 g/mol. The second kappa shape index (κ2) is 8.13. The number of nitrogens with zero attached hydrogens (tertiary/aromatic N) is 2. The first kappa shape index (κ1) is 19.9. The van der Waals surface area contributed by atoms with Gasteiger partial charge in [-0.1, -0.05) is 30.4 Å². The number of hydrogen-bond donors (Lipinski definition) is 1. The van der Waals surface area contributed by atoms with Crippen molar-refractivity contribution in [2.75, 3.05) is 0 Å². The number of nitriles is 1. The molecule has 0 radical (unpaired) electrons. The number of benzene rings is 1. The quantitative estimate of drug-likeness (QED) is 0.607. The van der Waals surface area contributed by atoms with E-state index in [-0.39, 0.29) is 10.8 Å². The highest BCUT2D eigenvalue weighted by Gasteiger charge is 2.27. The van der Waals surface area contributed by atoms with Crippen molar-refractivity contribution in [2.45, 2.75) is 32.1 Å². The molecule has 0 spiro atoms. The minimum Gasteiger partial charge on any atom is -0.477 e. The average Bonchev–Trinajstić information content (AvgIpc) is 3.19. The van der Waals surface area contributed by atoms with E-state index in [0.29, 0.717) is 16.3 Å². The van der Waals surface area contributed by atoms with Crippen LogP contribution >= 0.6 is 11.3 Å². The van der Waals surface area contributed by atoms with E-state index in [1.54, 1.807) is 19.4 Å². The van der Waals surface area contributed by atoms with Crippen LogP contribution in [0.3, 0.4) is 0 Å². The van der Waals surface area contributed by atoms with Crippen LogP contribution in [-0.4, -0.2) is 16.1 Å². The van der Waals surface area contributed by atoms with Crippen molar-refractivity contribution >= 4 is 22.9 Å². The van der Waals surface area contributed by atoms with Gasteiger partial charge in [0.15, 0.2) is 0 Å². The Hall–Kier alpha value is -3.43. The number of hydrogen-bond acceptors (Lipinski definition) is 5. The summed E-state index contributed by atoms with van der Waals surface area (Å²) in [4.78, 5) is 16.0. The lowest BCUT2D eigenvalue weighted by molar-refractivity contribution is 0.0701. The van der Waals surface area contributed by atoms with Gasteiger partial charge in [0, 0.05) is 11.5 Å². The molecule has 2 aromatic rings. The highest BCUT2D eigenvalue weighted by atomic mass is 32.1. The number of thiazole rings is 1.